The second-order valence-electron chi connectivity index (χ2n) is 8.03. The highest BCUT2D eigenvalue weighted by Gasteiger charge is 2.09. The van der Waals surface area contributed by atoms with Gasteiger partial charge in [-0.1, -0.05) is 51.3 Å². The average Bonchev–Trinajstić information content (AvgIpc) is 2.83. The standard InChI is InChI=1S/C28H33NO3/c1-3-5-6-7-8-22-9-12-25(13-10-22)28(30)32-26-16-14-24(15-17-26)27-18-11-23(20-29-27)21-31-19-4-2/h9-18,20H,3-8,19,21H2,1-2H3. The summed E-state index contributed by atoms with van der Waals surface area (Å²) in [6.45, 7) is 5.64. The summed E-state index contributed by atoms with van der Waals surface area (Å²) in [5.41, 5.74) is 4.72. The maximum absolute atomic E-state index is 12.5. The lowest BCUT2D eigenvalue weighted by Crippen LogP contribution is -2.08. The minimum absolute atomic E-state index is 0.343. The van der Waals surface area contributed by atoms with Crippen LogP contribution in [0.15, 0.2) is 66.9 Å². The summed E-state index contributed by atoms with van der Waals surface area (Å²) in [5.74, 6) is 0.178. The summed E-state index contributed by atoms with van der Waals surface area (Å²) in [7, 11) is 0. The predicted molar refractivity (Wildman–Crippen MR) is 129 cm³/mol. The number of aromatic nitrogens is 1. The Kier molecular flexibility index (Phi) is 9.45. The number of carbonyl (C=O) groups is 1. The molecule has 32 heavy (non-hydrogen) atoms. The van der Waals surface area contributed by atoms with Crippen molar-refractivity contribution in [3.05, 3.63) is 83.6 Å². The fraction of sp³-hybridized carbons (Fsp3) is 0.357. The van der Waals surface area contributed by atoms with Crippen LogP contribution >= 0.6 is 0 Å². The second kappa shape index (κ2) is 12.8. The molecule has 0 N–H and O–H groups in total. The Hall–Kier alpha value is -2.98. The monoisotopic (exact) mass is 431 g/mol. The predicted octanol–water partition coefficient (Wildman–Crippen LogP) is 7.02. The summed E-state index contributed by atoms with van der Waals surface area (Å²) in [6.07, 6.45) is 8.86. The highest BCUT2D eigenvalue weighted by Crippen LogP contribution is 2.22. The number of nitrogens with zero attached hydrogens (tertiary/aromatic N) is 1. The van der Waals surface area contributed by atoms with Gasteiger partial charge in [0.05, 0.1) is 17.9 Å². The Morgan fingerprint density at radius 2 is 1.56 bits per heavy atom. The van der Waals surface area contributed by atoms with Gasteiger partial charge in [-0.3, -0.25) is 4.98 Å². The van der Waals surface area contributed by atoms with Crippen LogP contribution in [0, 0.1) is 0 Å². The van der Waals surface area contributed by atoms with E-state index in [1.54, 1.807) is 12.1 Å². The van der Waals surface area contributed by atoms with Crippen LogP contribution in [0.25, 0.3) is 11.3 Å². The van der Waals surface area contributed by atoms with Gasteiger partial charge in [0.2, 0.25) is 0 Å². The van der Waals surface area contributed by atoms with E-state index in [2.05, 4.69) is 18.8 Å². The Labute approximate surface area is 191 Å². The summed E-state index contributed by atoms with van der Waals surface area (Å²) in [5, 5.41) is 0. The Balaban J connectivity index is 1.53. The minimum Gasteiger partial charge on any atom is -0.423 e. The molecule has 0 fully saturated rings. The summed E-state index contributed by atoms with van der Waals surface area (Å²) in [4.78, 5) is 17.0. The van der Waals surface area contributed by atoms with E-state index in [9.17, 15) is 4.79 Å². The molecule has 0 unspecified atom stereocenters. The normalized spacial score (nSPS) is 10.8. The molecule has 0 amide bonds. The number of aryl methyl sites for hydroxylation is 1. The lowest BCUT2D eigenvalue weighted by atomic mass is 10.0. The van der Waals surface area contributed by atoms with Crippen LogP contribution in [0.2, 0.25) is 0 Å². The molecule has 168 valence electrons. The fourth-order valence-corrected chi connectivity index (χ4v) is 3.44. The maximum atomic E-state index is 12.5. The van der Waals surface area contributed by atoms with Crippen molar-refractivity contribution >= 4 is 5.97 Å². The molecule has 0 aliphatic heterocycles. The number of carbonyl (C=O) groups excluding carboxylic acids is 1. The van der Waals surface area contributed by atoms with Crippen LogP contribution in [0.3, 0.4) is 0 Å². The Morgan fingerprint density at radius 1 is 0.812 bits per heavy atom. The van der Waals surface area contributed by atoms with Gasteiger partial charge in [-0.2, -0.15) is 0 Å². The third-order valence-electron chi connectivity index (χ3n) is 5.31. The van der Waals surface area contributed by atoms with E-state index in [0.717, 1.165) is 36.3 Å². The number of unbranched alkanes of at least 4 members (excludes halogenated alkanes) is 3. The maximum Gasteiger partial charge on any atom is 0.343 e. The van der Waals surface area contributed by atoms with Crippen LogP contribution in [-0.2, 0) is 17.8 Å². The lowest BCUT2D eigenvalue weighted by molar-refractivity contribution is 0.0735. The molecule has 3 rings (SSSR count). The third kappa shape index (κ3) is 7.31. The molecule has 0 radical (unpaired) electrons. The first-order valence-corrected chi connectivity index (χ1v) is 11.6. The molecule has 4 heteroatoms. The van der Waals surface area contributed by atoms with Gasteiger partial charge in [0.25, 0.3) is 0 Å². The van der Waals surface area contributed by atoms with Gasteiger partial charge in [-0.25, -0.2) is 4.79 Å². The molecule has 2 aromatic carbocycles. The van der Waals surface area contributed by atoms with Crippen molar-refractivity contribution in [1.29, 1.82) is 0 Å². The van der Waals surface area contributed by atoms with E-state index in [4.69, 9.17) is 9.47 Å². The molecule has 0 aliphatic carbocycles. The van der Waals surface area contributed by atoms with Gasteiger partial charge >= 0.3 is 5.97 Å². The fourth-order valence-electron chi connectivity index (χ4n) is 3.44. The first kappa shape index (κ1) is 23.7. The molecular formula is C28H33NO3. The molecule has 1 heterocycles. The quantitative estimate of drug-likeness (QED) is 0.176. The highest BCUT2D eigenvalue weighted by atomic mass is 16.5. The second-order valence-corrected chi connectivity index (χ2v) is 8.03. The minimum atomic E-state index is -0.343. The number of hydrogen-bond acceptors (Lipinski definition) is 4. The zero-order valence-corrected chi connectivity index (χ0v) is 19.2. The van der Waals surface area contributed by atoms with Gasteiger partial charge < -0.3 is 9.47 Å². The molecule has 0 spiro atoms. The SMILES string of the molecule is CCCCCCc1ccc(C(=O)Oc2ccc(-c3ccc(COCCC)cn3)cc2)cc1. The molecule has 0 saturated heterocycles. The number of pyridine rings is 1. The molecule has 4 nitrogen and oxygen atoms in total. The summed E-state index contributed by atoms with van der Waals surface area (Å²) in [6, 6.07) is 19.2. The zero-order valence-electron chi connectivity index (χ0n) is 19.2. The molecule has 0 bridgehead atoms. The van der Waals surface area contributed by atoms with Crippen molar-refractivity contribution < 1.29 is 14.3 Å². The van der Waals surface area contributed by atoms with Crippen molar-refractivity contribution in [3.63, 3.8) is 0 Å². The van der Waals surface area contributed by atoms with E-state index in [1.165, 1.54) is 31.2 Å². The van der Waals surface area contributed by atoms with Gasteiger partial charge in [0.15, 0.2) is 0 Å². The van der Waals surface area contributed by atoms with Crippen LogP contribution in [0.4, 0.5) is 0 Å². The lowest BCUT2D eigenvalue weighted by Gasteiger charge is -2.08. The Bertz CT molecular complexity index is 947. The topological polar surface area (TPSA) is 48.4 Å². The van der Waals surface area contributed by atoms with Gasteiger partial charge in [-0.15, -0.1) is 0 Å². The van der Waals surface area contributed by atoms with Gasteiger partial charge in [0.1, 0.15) is 5.75 Å². The number of esters is 1. The van der Waals surface area contributed by atoms with Crippen molar-refractivity contribution in [3.8, 4) is 17.0 Å². The van der Waals surface area contributed by atoms with E-state index < -0.39 is 0 Å². The zero-order chi connectivity index (χ0) is 22.6. The third-order valence-corrected chi connectivity index (χ3v) is 5.31. The van der Waals surface area contributed by atoms with Crippen LogP contribution < -0.4 is 4.74 Å². The average molecular weight is 432 g/mol. The van der Waals surface area contributed by atoms with Crippen LogP contribution in [-0.4, -0.2) is 17.6 Å². The van der Waals surface area contributed by atoms with E-state index >= 15 is 0 Å². The smallest absolute Gasteiger partial charge is 0.343 e. The van der Waals surface area contributed by atoms with Crippen molar-refractivity contribution in [2.75, 3.05) is 6.61 Å². The number of ether oxygens (including phenoxy) is 2. The van der Waals surface area contributed by atoms with Crippen molar-refractivity contribution in [2.24, 2.45) is 0 Å². The van der Waals surface area contributed by atoms with Crippen LogP contribution in [0.1, 0.15) is 67.4 Å². The van der Waals surface area contributed by atoms with Gasteiger partial charge in [-0.05, 0) is 72.9 Å². The molecule has 0 atom stereocenters. The van der Waals surface area contributed by atoms with Crippen molar-refractivity contribution in [2.45, 2.75) is 59.0 Å². The van der Waals surface area contributed by atoms with E-state index in [1.807, 2.05) is 54.7 Å². The summed E-state index contributed by atoms with van der Waals surface area (Å²) >= 11 is 0. The Morgan fingerprint density at radius 3 is 2.22 bits per heavy atom. The molecule has 3 aromatic rings. The molecular weight excluding hydrogens is 398 g/mol. The molecule has 0 saturated carbocycles. The van der Waals surface area contributed by atoms with Gasteiger partial charge in [0, 0.05) is 18.4 Å². The van der Waals surface area contributed by atoms with Crippen molar-refractivity contribution in [1.82, 2.24) is 4.98 Å². The first-order valence-electron chi connectivity index (χ1n) is 11.6. The van der Waals surface area contributed by atoms with E-state index in [0.29, 0.717) is 17.9 Å². The number of rotatable bonds is 12. The van der Waals surface area contributed by atoms with Crippen LogP contribution in [0.5, 0.6) is 5.75 Å². The number of hydrogen-bond donors (Lipinski definition) is 0. The molecule has 1 aromatic heterocycles. The first-order chi connectivity index (χ1) is 15.7. The van der Waals surface area contributed by atoms with E-state index in [-0.39, 0.29) is 5.97 Å². The molecule has 0 aliphatic rings. The number of benzene rings is 2. The highest BCUT2D eigenvalue weighted by molar-refractivity contribution is 5.91. The largest absolute Gasteiger partial charge is 0.423 e. The summed E-state index contributed by atoms with van der Waals surface area (Å²) < 4.78 is 11.1.